The molecule has 0 radical (unpaired) electrons. The highest BCUT2D eigenvalue weighted by atomic mass is 79.9. The summed E-state index contributed by atoms with van der Waals surface area (Å²) in [7, 11) is 0. The number of benzene rings is 2. The van der Waals surface area contributed by atoms with Gasteiger partial charge in [0.15, 0.2) is 0 Å². The van der Waals surface area contributed by atoms with Gasteiger partial charge in [0, 0.05) is 10.0 Å². The summed E-state index contributed by atoms with van der Waals surface area (Å²) in [5.41, 5.74) is 3.98. The molecule has 0 aliphatic carbocycles. The van der Waals surface area contributed by atoms with E-state index >= 15 is 0 Å². The smallest absolute Gasteiger partial charge is 0.146 e. The van der Waals surface area contributed by atoms with Crippen molar-refractivity contribution in [1.29, 1.82) is 0 Å². The maximum atomic E-state index is 10.6. The van der Waals surface area contributed by atoms with Crippen molar-refractivity contribution in [3.63, 3.8) is 0 Å². The average Bonchev–Trinajstić information content (AvgIpc) is 3.04. The molecule has 0 saturated heterocycles. The molecule has 0 saturated carbocycles. The van der Waals surface area contributed by atoms with Gasteiger partial charge in [-0.15, -0.1) is 14.1 Å². The SMILES string of the molecule is CC(C)(C)c1cccc(-n2n3c4ccc(Br)cc4n23)c1O. The molecule has 0 atom stereocenters. The summed E-state index contributed by atoms with van der Waals surface area (Å²) in [4.78, 5) is 1.99. The van der Waals surface area contributed by atoms with E-state index in [1.165, 1.54) is 0 Å². The lowest BCUT2D eigenvalue weighted by Crippen LogP contribution is -2.11. The predicted octanol–water partition coefficient (Wildman–Crippen LogP) is 4.19. The number of hydrogen-bond acceptors (Lipinski definition) is 1. The summed E-state index contributed by atoms with van der Waals surface area (Å²) in [6, 6.07) is 12.1. The molecule has 0 fully saturated rings. The molecule has 0 spiro atoms. The minimum absolute atomic E-state index is 0.0876. The van der Waals surface area contributed by atoms with Crippen LogP contribution >= 0.6 is 15.9 Å². The molecule has 108 valence electrons. The Morgan fingerprint density at radius 2 is 1.71 bits per heavy atom. The van der Waals surface area contributed by atoms with Crippen molar-refractivity contribution in [2.24, 2.45) is 0 Å². The van der Waals surface area contributed by atoms with Gasteiger partial charge < -0.3 is 5.11 Å². The molecule has 4 nitrogen and oxygen atoms in total. The number of halogens is 1. The quantitative estimate of drug-likeness (QED) is 0.551. The second kappa shape index (κ2) is 3.85. The first kappa shape index (κ1) is 12.8. The fourth-order valence-corrected chi connectivity index (χ4v) is 3.17. The highest BCUT2D eigenvalue weighted by molar-refractivity contribution is 9.10. The van der Waals surface area contributed by atoms with Crippen molar-refractivity contribution in [1.82, 2.24) is 14.1 Å². The molecule has 2 aromatic carbocycles. The second-order valence-electron chi connectivity index (χ2n) is 6.42. The van der Waals surface area contributed by atoms with Gasteiger partial charge in [-0.2, -0.15) is 0 Å². The Hall–Kier alpha value is -1.88. The number of nitrogens with zero attached hydrogens (tertiary/aromatic N) is 3. The van der Waals surface area contributed by atoms with E-state index in [1.807, 2.05) is 38.3 Å². The summed E-state index contributed by atoms with van der Waals surface area (Å²) in [6.45, 7) is 6.32. The van der Waals surface area contributed by atoms with Crippen LogP contribution in [0.4, 0.5) is 0 Å². The molecule has 1 N–H and O–H groups in total. The number of hydrogen-bond donors (Lipinski definition) is 1. The minimum atomic E-state index is -0.0876. The van der Waals surface area contributed by atoms with E-state index in [0.29, 0.717) is 5.75 Å². The molecule has 21 heavy (non-hydrogen) atoms. The number of phenols is 1. The zero-order chi connectivity index (χ0) is 14.9. The maximum Gasteiger partial charge on any atom is 0.146 e. The Morgan fingerprint density at radius 1 is 1.00 bits per heavy atom. The van der Waals surface area contributed by atoms with Crippen LogP contribution in [0.1, 0.15) is 26.3 Å². The molecule has 4 rings (SSSR count). The van der Waals surface area contributed by atoms with Crippen LogP contribution < -0.4 is 0 Å². The highest BCUT2D eigenvalue weighted by Gasteiger charge is 2.28. The molecular formula is C16H16BrN3O. The Labute approximate surface area is 130 Å². The van der Waals surface area contributed by atoms with E-state index < -0.39 is 0 Å². The molecule has 0 amide bonds. The molecule has 0 aliphatic rings. The van der Waals surface area contributed by atoms with Crippen LogP contribution in [0.15, 0.2) is 40.9 Å². The summed E-state index contributed by atoms with van der Waals surface area (Å²) in [6.07, 6.45) is 0. The van der Waals surface area contributed by atoms with Gasteiger partial charge in [-0.25, -0.2) is 0 Å². The third-order valence-corrected chi connectivity index (χ3v) is 4.41. The van der Waals surface area contributed by atoms with Crippen LogP contribution in [-0.4, -0.2) is 19.2 Å². The van der Waals surface area contributed by atoms with E-state index in [1.54, 1.807) is 0 Å². The van der Waals surface area contributed by atoms with Crippen molar-refractivity contribution < 1.29 is 5.11 Å². The van der Waals surface area contributed by atoms with E-state index in [0.717, 1.165) is 26.8 Å². The lowest BCUT2D eigenvalue weighted by molar-refractivity contribution is 0.444. The van der Waals surface area contributed by atoms with Crippen LogP contribution in [-0.2, 0) is 5.41 Å². The van der Waals surface area contributed by atoms with Crippen LogP contribution in [0.3, 0.4) is 0 Å². The first-order valence-electron chi connectivity index (χ1n) is 6.92. The monoisotopic (exact) mass is 345 g/mol. The topological polar surface area (TPSA) is 34.0 Å². The predicted molar refractivity (Wildman–Crippen MR) is 86.9 cm³/mol. The third kappa shape index (κ3) is 1.67. The summed E-state index contributed by atoms with van der Waals surface area (Å²) < 4.78 is 5.14. The van der Waals surface area contributed by atoms with E-state index in [9.17, 15) is 5.11 Å². The Balaban J connectivity index is 1.92. The Kier molecular flexibility index (Phi) is 2.35. The summed E-state index contributed by atoms with van der Waals surface area (Å²) in [5.74, 6) is 0.351. The van der Waals surface area contributed by atoms with Crippen molar-refractivity contribution in [2.45, 2.75) is 26.2 Å². The standard InChI is InChI=1S/C16H16BrN3O/c1-16(2,3)11-5-4-6-13(15(11)21)19-18-12-8-7-10(17)9-14(12)20(18)19/h4-9,21H,1-3H3. The van der Waals surface area contributed by atoms with E-state index in [4.69, 9.17) is 0 Å². The van der Waals surface area contributed by atoms with Gasteiger partial charge in [-0.1, -0.05) is 48.8 Å². The number of para-hydroxylation sites is 1. The van der Waals surface area contributed by atoms with Crippen molar-refractivity contribution in [2.75, 3.05) is 0 Å². The summed E-state index contributed by atoms with van der Waals surface area (Å²) >= 11 is 3.49. The average molecular weight is 346 g/mol. The van der Waals surface area contributed by atoms with Gasteiger partial charge in [-0.3, -0.25) is 0 Å². The first-order chi connectivity index (χ1) is 9.89. The van der Waals surface area contributed by atoms with Crippen molar-refractivity contribution in [3.8, 4) is 11.4 Å². The summed E-state index contributed by atoms with van der Waals surface area (Å²) in [5, 5.41) is 10.6. The van der Waals surface area contributed by atoms with Gasteiger partial charge in [0.05, 0.1) is 0 Å². The van der Waals surface area contributed by atoms with Crippen LogP contribution in [0.5, 0.6) is 5.75 Å². The van der Waals surface area contributed by atoms with Crippen LogP contribution in [0.2, 0.25) is 0 Å². The number of fused-ring (bicyclic) bond motifs is 4. The van der Waals surface area contributed by atoms with Gasteiger partial charge in [0.1, 0.15) is 22.5 Å². The number of phenolic OH excluding ortho intramolecular Hbond substituents is 1. The fourth-order valence-electron chi connectivity index (χ4n) is 2.82. The number of aromatic hydroxyl groups is 1. The largest absolute Gasteiger partial charge is 0.505 e. The van der Waals surface area contributed by atoms with Crippen molar-refractivity contribution in [3.05, 3.63) is 46.4 Å². The maximum absolute atomic E-state index is 10.6. The molecule has 2 heterocycles. The lowest BCUT2D eigenvalue weighted by atomic mass is 9.86. The van der Waals surface area contributed by atoms with E-state index in [2.05, 4.69) is 48.8 Å². The third-order valence-electron chi connectivity index (χ3n) is 3.91. The van der Waals surface area contributed by atoms with Crippen LogP contribution in [0, 0.1) is 0 Å². The van der Waals surface area contributed by atoms with E-state index in [-0.39, 0.29) is 5.41 Å². The number of aromatic nitrogens is 3. The minimum Gasteiger partial charge on any atom is -0.505 e. The van der Waals surface area contributed by atoms with Crippen molar-refractivity contribution >= 4 is 27.0 Å². The second-order valence-corrected chi connectivity index (χ2v) is 7.34. The van der Waals surface area contributed by atoms with Gasteiger partial charge in [0.25, 0.3) is 0 Å². The van der Waals surface area contributed by atoms with Gasteiger partial charge in [-0.05, 0) is 29.7 Å². The first-order valence-corrected chi connectivity index (χ1v) is 7.71. The van der Waals surface area contributed by atoms with Gasteiger partial charge in [0.2, 0.25) is 0 Å². The Bertz CT molecular complexity index is 952. The molecule has 0 aliphatic heterocycles. The molecular weight excluding hydrogens is 330 g/mol. The molecule has 2 aromatic heterocycles. The highest BCUT2D eigenvalue weighted by Crippen LogP contribution is 2.37. The lowest BCUT2D eigenvalue weighted by Gasteiger charge is -2.20. The fraction of sp³-hybridized carbons (Fsp3) is 0.250. The molecule has 5 heteroatoms. The van der Waals surface area contributed by atoms with Crippen LogP contribution in [0.25, 0.3) is 16.7 Å². The molecule has 4 aromatic rings. The zero-order valence-corrected chi connectivity index (χ0v) is 13.7. The Morgan fingerprint density at radius 3 is 2.43 bits per heavy atom. The normalized spacial score (nSPS) is 13.0. The van der Waals surface area contributed by atoms with Gasteiger partial charge >= 0.3 is 0 Å². The zero-order valence-electron chi connectivity index (χ0n) is 12.1. The number of rotatable bonds is 1. The molecule has 0 bridgehead atoms. The molecule has 0 unspecified atom stereocenters.